The van der Waals surface area contributed by atoms with Gasteiger partial charge in [0.15, 0.2) is 0 Å². The molecule has 0 fully saturated rings. The van der Waals surface area contributed by atoms with Crippen molar-refractivity contribution in [1.82, 2.24) is 15.0 Å². The van der Waals surface area contributed by atoms with Crippen LogP contribution in [0.15, 0.2) is 0 Å². The van der Waals surface area contributed by atoms with Crippen molar-refractivity contribution in [3.63, 3.8) is 0 Å². The molecule has 6 heteroatoms. The van der Waals surface area contributed by atoms with E-state index in [1.54, 1.807) is 0 Å². The van der Waals surface area contributed by atoms with Crippen LogP contribution in [0.25, 0.3) is 0 Å². The normalized spacial score (nSPS) is 11.2. The molecule has 0 saturated carbocycles. The number of rotatable bonds is 23. The second-order valence-corrected chi connectivity index (χ2v) is 9.66. The number of nitrogens with zero attached hydrogens (tertiary/aromatic N) is 4. The summed E-state index contributed by atoms with van der Waals surface area (Å²) < 4.78 is 5.82. The van der Waals surface area contributed by atoms with Gasteiger partial charge >= 0.3 is 6.01 Å². The summed E-state index contributed by atoms with van der Waals surface area (Å²) in [6, 6.07) is 0.359. The smallest absolute Gasteiger partial charge is 0.322 e. The van der Waals surface area contributed by atoms with Crippen molar-refractivity contribution in [3.05, 3.63) is 5.28 Å². The molecule has 0 aliphatic rings. The van der Waals surface area contributed by atoms with Crippen LogP contribution in [0.5, 0.6) is 6.01 Å². The Morgan fingerprint density at radius 3 is 1.52 bits per heavy atom. The van der Waals surface area contributed by atoms with Crippen molar-refractivity contribution in [2.45, 2.75) is 136 Å². The highest BCUT2D eigenvalue weighted by atomic mass is 35.5. The van der Waals surface area contributed by atoms with Gasteiger partial charge in [-0.3, -0.25) is 0 Å². The van der Waals surface area contributed by atoms with Gasteiger partial charge in [0.1, 0.15) is 0 Å². The summed E-state index contributed by atoms with van der Waals surface area (Å²) in [7, 11) is 0. The number of anilines is 1. The maximum atomic E-state index is 6.16. The van der Waals surface area contributed by atoms with Crippen molar-refractivity contribution in [2.75, 3.05) is 24.6 Å². The van der Waals surface area contributed by atoms with E-state index in [0.29, 0.717) is 18.6 Å². The minimum atomic E-state index is 0.217. The summed E-state index contributed by atoms with van der Waals surface area (Å²) in [6.07, 6.45) is 23.4. The molecule has 0 spiro atoms. The molecule has 1 aromatic heterocycles. The highest BCUT2D eigenvalue weighted by molar-refractivity contribution is 6.28. The van der Waals surface area contributed by atoms with E-state index in [9.17, 15) is 0 Å². The minimum absolute atomic E-state index is 0.217. The molecule has 33 heavy (non-hydrogen) atoms. The average Bonchev–Trinajstić information content (AvgIpc) is 2.81. The van der Waals surface area contributed by atoms with Gasteiger partial charge in [0.05, 0.1) is 6.61 Å². The number of hydrogen-bond donors (Lipinski definition) is 0. The van der Waals surface area contributed by atoms with Crippen molar-refractivity contribution >= 4 is 17.5 Å². The van der Waals surface area contributed by atoms with E-state index in [1.165, 1.54) is 83.5 Å². The van der Waals surface area contributed by atoms with Gasteiger partial charge in [-0.1, -0.05) is 117 Å². The van der Waals surface area contributed by atoms with E-state index in [1.807, 2.05) is 0 Å². The van der Waals surface area contributed by atoms with Gasteiger partial charge in [0.25, 0.3) is 0 Å². The van der Waals surface area contributed by atoms with E-state index in [-0.39, 0.29) is 5.28 Å². The monoisotopic (exact) mass is 482 g/mol. The number of unbranched alkanes of at least 4 members (excludes halogenated alkanes) is 15. The number of aromatic nitrogens is 3. The second-order valence-electron chi connectivity index (χ2n) is 9.33. The lowest BCUT2D eigenvalue weighted by Crippen LogP contribution is -2.28. The van der Waals surface area contributed by atoms with Gasteiger partial charge in [-0.15, -0.1) is 0 Å². The third kappa shape index (κ3) is 16.2. The van der Waals surface area contributed by atoms with Gasteiger partial charge in [-0.05, 0) is 30.9 Å². The fraction of sp³-hybridized carbons (Fsp3) is 0.889. The van der Waals surface area contributed by atoms with Crippen LogP contribution in [-0.4, -0.2) is 34.6 Å². The van der Waals surface area contributed by atoms with Gasteiger partial charge < -0.3 is 9.64 Å². The Kier molecular flexibility index (Phi) is 19.4. The van der Waals surface area contributed by atoms with Crippen LogP contribution in [0.2, 0.25) is 5.28 Å². The van der Waals surface area contributed by atoms with Crippen LogP contribution in [0.4, 0.5) is 5.95 Å². The molecule has 0 aliphatic carbocycles. The molecule has 0 radical (unpaired) electrons. The Morgan fingerprint density at radius 2 is 1.03 bits per heavy atom. The predicted octanol–water partition coefficient (Wildman–Crippen LogP) is 8.79. The number of hydrogen-bond acceptors (Lipinski definition) is 5. The van der Waals surface area contributed by atoms with E-state index < -0.39 is 0 Å². The van der Waals surface area contributed by atoms with Crippen LogP contribution in [-0.2, 0) is 0 Å². The molecule has 1 rings (SSSR count). The van der Waals surface area contributed by atoms with Gasteiger partial charge in [0.2, 0.25) is 11.2 Å². The predicted molar refractivity (Wildman–Crippen MR) is 143 cm³/mol. The quantitative estimate of drug-likeness (QED) is 0.146. The minimum Gasteiger partial charge on any atom is -0.463 e. The maximum Gasteiger partial charge on any atom is 0.322 e. The fourth-order valence-corrected chi connectivity index (χ4v) is 4.15. The Morgan fingerprint density at radius 1 is 0.576 bits per heavy atom. The van der Waals surface area contributed by atoms with E-state index in [2.05, 4.69) is 40.6 Å². The first-order valence-corrected chi connectivity index (χ1v) is 14.4. The average molecular weight is 483 g/mol. The summed E-state index contributed by atoms with van der Waals surface area (Å²) >= 11 is 6.16. The molecule has 0 aliphatic heterocycles. The fourth-order valence-electron chi connectivity index (χ4n) is 4.00. The molecule has 192 valence electrons. The third-order valence-electron chi connectivity index (χ3n) is 6.15. The molecule has 1 heterocycles. The summed E-state index contributed by atoms with van der Waals surface area (Å²) in [6.45, 7) is 9.20. The number of halogens is 1. The maximum absolute atomic E-state index is 6.16. The van der Waals surface area contributed by atoms with Crippen LogP contribution >= 0.6 is 11.6 Å². The zero-order valence-corrected chi connectivity index (χ0v) is 22.7. The van der Waals surface area contributed by atoms with E-state index in [0.717, 1.165) is 45.2 Å². The summed E-state index contributed by atoms with van der Waals surface area (Å²) in [5, 5.41) is 0.217. The Bertz CT molecular complexity index is 565. The van der Waals surface area contributed by atoms with Gasteiger partial charge in [-0.25, -0.2) is 0 Å². The third-order valence-corrected chi connectivity index (χ3v) is 6.32. The van der Waals surface area contributed by atoms with Crippen LogP contribution in [0.1, 0.15) is 136 Å². The lowest BCUT2D eigenvalue weighted by molar-refractivity contribution is 0.280. The molecule has 5 nitrogen and oxygen atoms in total. The largest absolute Gasteiger partial charge is 0.463 e. The second kappa shape index (κ2) is 21.4. The van der Waals surface area contributed by atoms with Crippen LogP contribution < -0.4 is 9.64 Å². The molecule has 0 bridgehead atoms. The first kappa shape index (κ1) is 29.9. The first-order chi connectivity index (χ1) is 16.2. The van der Waals surface area contributed by atoms with Gasteiger partial charge in [-0.2, -0.15) is 15.0 Å². The lowest BCUT2D eigenvalue weighted by atomic mass is 10.0. The first-order valence-electron chi connectivity index (χ1n) is 14.0. The molecule has 0 unspecified atom stereocenters. The van der Waals surface area contributed by atoms with Crippen molar-refractivity contribution in [3.8, 4) is 6.01 Å². The van der Waals surface area contributed by atoms with Crippen molar-refractivity contribution in [1.29, 1.82) is 0 Å². The Balaban J connectivity index is 2.14. The lowest BCUT2D eigenvalue weighted by Gasteiger charge is -2.22. The summed E-state index contributed by atoms with van der Waals surface area (Å²) in [4.78, 5) is 15.3. The van der Waals surface area contributed by atoms with Crippen molar-refractivity contribution in [2.24, 2.45) is 0 Å². The zero-order valence-electron chi connectivity index (χ0n) is 21.9. The van der Waals surface area contributed by atoms with Crippen LogP contribution in [0, 0.1) is 0 Å². The van der Waals surface area contributed by atoms with E-state index in [4.69, 9.17) is 16.3 Å². The molecule has 0 saturated heterocycles. The molecule has 0 amide bonds. The highest BCUT2D eigenvalue weighted by Crippen LogP contribution is 2.17. The molecule has 0 atom stereocenters. The highest BCUT2D eigenvalue weighted by Gasteiger charge is 2.13. The summed E-state index contributed by atoms with van der Waals surface area (Å²) in [5.41, 5.74) is 0. The zero-order chi connectivity index (χ0) is 24.0. The van der Waals surface area contributed by atoms with Crippen LogP contribution in [0.3, 0.4) is 0 Å². The molecular formula is C27H51ClN4O. The van der Waals surface area contributed by atoms with Gasteiger partial charge in [0, 0.05) is 13.1 Å². The summed E-state index contributed by atoms with van der Waals surface area (Å²) in [5.74, 6) is 0.646. The molecular weight excluding hydrogens is 432 g/mol. The number of ether oxygens (including phenoxy) is 1. The Labute approximate surface area is 209 Å². The standard InChI is InChI=1S/C27H51ClN4O/c1-4-7-10-11-12-13-14-15-16-17-18-19-20-21-24-33-27-30-25(28)29-26(31-27)32(22-8-5-2)23-9-6-3/h4-24H2,1-3H3. The Hall–Kier alpha value is -1.10. The topological polar surface area (TPSA) is 51.1 Å². The molecule has 0 N–H and O–H groups in total. The van der Waals surface area contributed by atoms with Crippen molar-refractivity contribution < 1.29 is 4.74 Å². The molecule has 0 aromatic carbocycles. The SMILES string of the molecule is CCCCCCCCCCCCCCCCOc1nc(Cl)nc(N(CCCC)CCCC)n1. The van der Waals surface area contributed by atoms with E-state index >= 15 is 0 Å². The molecule has 1 aromatic rings.